The van der Waals surface area contributed by atoms with E-state index in [4.69, 9.17) is 4.74 Å². The van der Waals surface area contributed by atoms with Crippen LogP contribution >= 0.6 is 0 Å². The van der Waals surface area contributed by atoms with Gasteiger partial charge in [-0.3, -0.25) is 4.79 Å². The first-order valence-electron chi connectivity index (χ1n) is 5.90. The van der Waals surface area contributed by atoms with Crippen LogP contribution in [-0.2, 0) is 9.53 Å². The molecule has 86 valence electrons. The van der Waals surface area contributed by atoms with Crippen LogP contribution in [0.3, 0.4) is 0 Å². The molecule has 1 aliphatic carbocycles. The smallest absolute Gasteiger partial charge is 0.326 e. The van der Waals surface area contributed by atoms with Gasteiger partial charge < -0.3 is 10.1 Å². The standard InChI is InChI=1S/C12H21NO2/c1-11(2,3)15-10(14)12-6-4-5-9(7-12)8-13-12/h9,13H,4-8H2,1-3H3/t9-,12+/m0/s1. The van der Waals surface area contributed by atoms with Crippen LogP contribution in [0.15, 0.2) is 0 Å². The molecule has 2 fully saturated rings. The van der Waals surface area contributed by atoms with Crippen molar-refractivity contribution in [3.63, 3.8) is 0 Å². The molecule has 0 radical (unpaired) electrons. The predicted molar refractivity (Wildman–Crippen MR) is 58.5 cm³/mol. The quantitative estimate of drug-likeness (QED) is 0.673. The number of nitrogens with one attached hydrogen (secondary N) is 1. The Balaban J connectivity index is 2.06. The Morgan fingerprint density at radius 1 is 1.47 bits per heavy atom. The van der Waals surface area contributed by atoms with Gasteiger partial charge in [0.1, 0.15) is 11.1 Å². The molecule has 2 atom stereocenters. The largest absolute Gasteiger partial charge is 0.459 e. The molecular weight excluding hydrogens is 190 g/mol. The van der Waals surface area contributed by atoms with Crippen molar-refractivity contribution in [2.24, 2.45) is 5.92 Å². The summed E-state index contributed by atoms with van der Waals surface area (Å²) in [6.45, 7) is 6.77. The number of rotatable bonds is 1. The van der Waals surface area contributed by atoms with Crippen LogP contribution in [0, 0.1) is 5.92 Å². The monoisotopic (exact) mass is 211 g/mol. The fraction of sp³-hybridized carbons (Fsp3) is 0.917. The predicted octanol–water partition coefficient (Wildman–Crippen LogP) is 1.86. The summed E-state index contributed by atoms with van der Waals surface area (Å²) in [5.74, 6) is 0.642. The molecule has 0 aromatic rings. The lowest BCUT2D eigenvalue weighted by molar-refractivity contribution is -0.163. The first-order valence-corrected chi connectivity index (χ1v) is 5.90. The third-order valence-electron chi connectivity index (χ3n) is 3.37. The van der Waals surface area contributed by atoms with Gasteiger partial charge in [0, 0.05) is 0 Å². The van der Waals surface area contributed by atoms with Crippen molar-refractivity contribution in [2.75, 3.05) is 6.54 Å². The van der Waals surface area contributed by atoms with Crippen LogP contribution in [0.4, 0.5) is 0 Å². The molecule has 2 aliphatic rings. The third kappa shape index (κ3) is 2.17. The van der Waals surface area contributed by atoms with E-state index < -0.39 is 0 Å². The molecule has 0 aromatic carbocycles. The molecule has 3 heteroatoms. The van der Waals surface area contributed by atoms with Crippen molar-refractivity contribution in [3.8, 4) is 0 Å². The van der Waals surface area contributed by atoms with Crippen molar-refractivity contribution in [2.45, 2.75) is 57.6 Å². The van der Waals surface area contributed by atoms with Crippen LogP contribution in [0.25, 0.3) is 0 Å². The fourth-order valence-corrected chi connectivity index (χ4v) is 2.70. The highest BCUT2D eigenvalue weighted by molar-refractivity contribution is 5.82. The minimum Gasteiger partial charge on any atom is -0.459 e. The molecule has 1 N–H and O–H groups in total. The second kappa shape index (κ2) is 3.48. The molecule has 2 rings (SSSR count). The summed E-state index contributed by atoms with van der Waals surface area (Å²) in [7, 11) is 0. The Morgan fingerprint density at radius 3 is 2.87 bits per heavy atom. The molecule has 15 heavy (non-hydrogen) atoms. The van der Waals surface area contributed by atoms with Gasteiger partial charge >= 0.3 is 5.97 Å². The Morgan fingerprint density at radius 2 is 2.20 bits per heavy atom. The SMILES string of the molecule is CC(C)(C)OC(=O)[C@]12CCC[C@H](CN1)C2. The minimum atomic E-state index is -0.372. The maximum absolute atomic E-state index is 12.1. The molecule has 3 nitrogen and oxygen atoms in total. The number of esters is 1. The van der Waals surface area contributed by atoms with Gasteiger partial charge in [-0.15, -0.1) is 0 Å². The first-order chi connectivity index (χ1) is 6.91. The van der Waals surface area contributed by atoms with Crippen LogP contribution < -0.4 is 5.32 Å². The van der Waals surface area contributed by atoms with Crippen molar-refractivity contribution in [3.05, 3.63) is 0 Å². The molecule has 0 unspecified atom stereocenters. The van der Waals surface area contributed by atoms with E-state index in [9.17, 15) is 4.79 Å². The highest BCUT2D eigenvalue weighted by Crippen LogP contribution is 2.38. The molecule has 1 aliphatic heterocycles. The van der Waals surface area contributed by atoms with E-state index in [1.165, 1.54) is 6.42 Å². The molecule has 1 saturated carbocycles. The van der Waals surface area contributed by atoms with Gasteiger partial charge in [-0.05, 0) is 52.5 Å². The summed E-state index contributed by atoms with van der Waals surface area (Å²) < 4.78 is 5.50. The van der Waals surface area contributed by atoms with E-state index in [-0.39, 0.29) is 17.1 Å². The summed E-state index contributed by atoms with van der Waals surface area (Å²) in [5.41, 5.74) is -0.723. The van der Waals surface area contributed by atoms with Gasteiger partial charge in [0.15, 0.2) is 0 Å². The number of hydrogen-bond acceptors (Lipinski definition) is 3. The normalized spacial score (nSPS) is 35.3. The number of carbonyl (C=O) groups is 1. The maximum atomic E-state index is 12.1. The van der Waals surface area contributed by atoms with Gasteiger partial charge in [0.25, 0.3) is 0 Å². The lowest BCUT2D eigenvalue weighted by Crippen LogP contribution is -2.51. The van der Waals surface area contributed by atoms with Gasteiger partial charge in [-0.2, -0.15) is 0 Å². The molecule has 1 saturated heterocycles. The zero-order chi connectivity index (χ0) is 11.1. The van der Waals surface area contributed by atoms with Crippen molar-refractivity contribution >= 4 is 5.97 Å². The van der Waals surface area contributed by atoms with Gasteiger partial charge in [-0.1, -0.05) is 6.42 Å². The number of hydrogen-bond donors (Lipinski definition) is 1. The molecule has 0 amide bonds. The Bertz CT molecular complexity index is 265. The van der Waals surface area contributed by atoms with Gasteiger partial charge in [0.05, 0.1) is 0 Å². The number of ether oxygens (including phenoxy) is 1. The zero-order valence-electron chi connectivity index (χ0n) is 9.93. The van der Waals surface area contributed by atoms with Gasteiger partial charge in [0.2, 0.25) is 0 Å². The number of fused-ring (bicyclic) bond motifs is 2. The van der Waals surface area contributed by atoms with Crippen molar-refractivity contribution in [1.82, 2.24) is 5.32 Å². The molecule has 2 bridgehead atoms. The van der Waals surface area contributed by atoms with Gasteiger partial charge in [-0.25, -0.2) is 0 Å². The van der Waals surface area contributed by atoms with Crippen LogP contribution in [-0.4, -0.2) is 23.7 Å². The Kier molecular flexibility index (Phi) is 2.53. The van der Waals surface area contributed by atoms with Crippen molar-refractivity contribution < 1.29 is 9.53 Å². The summed E-state index contributed by atoms with van der Waals surface area (Å²) in [5, 5.41) is 3.38. The fourth-order valence-electron chi connectivity index (χ4n) is 2.70. The maximum Gasteiger partial charge on any atom is 0.326 e. The topological polar surface area (TPSA) is 38.3 Å². The molecule has 0 spiro atoms. The molecule has 0 aromatic heterocycles. The summed E-state index contributed by atoms with van der Waals surface area (Å²) >= 11 is 0. The first kappa shape index (κ1) is 10.9. The van der Waals surface area contributed by atoms with E-state index in [1.54, 1.807) is 0 Å². The van der Waals surface area contributed by atoms with E-state index in [0.29, 0.717) is 5.92 Å². The molecular formula is C12H21NO2. The van der Waals surface area contributed by atoms with Crippen LogP contribution in [0.5, 0.6) is 0 Å². The average molecular weight is 211 g/mol. The summed E-state index contributed by atoms with van der Waals surface area (Å²) in [6.07, 6.45) is 4.33. The number of carbonyl (C=O) groups excluding carboxylic acids is 1. The second-order valence-corrected chi connectivity index (χ2v) is 5.93. The highest BCUT2D eigenvalue weighted by atomic mass is 16.6. The third-order valence-corrected chi connectivity index (χ3v) is 3.37. The zero-order valence-corrected chi connectivity index (χ0v) is 9.93. The molecule has 1 heterocycles. The average Bonchev–Trinajstić information content (AvgIpc) is 2.41. The summed E-state index contributed by atoms with van der Waals surface area (Å²) in [4.78, 5) is 12.1. The lowest BCUT2D eigenvalue weighted by atomic mass is 9.80. The summed E-state index contributed by atoms with van der Waals surface area (Å²) in [6, 6.07) is 0. The van der Waals surface area contributed by atoms with Crippen LogP contribution in [0.2, 0.25) is 0 Å². The van der Waals surface area contributed by atoms with E-state index in [1.807, 2.05) is 20.8 Å². The van der Waals surface area contributed by atoms with Crippen LogP contribution in [0.1, 0.15) is 46.5 Å². The van der Waals surface area contributed by atoms with E-state index in [0.717, 1.165) is 25.8 Å². The van der Waals surface area contributed by atoms with E-state index in [2.05, 4.69) is 5.32 Å². The minimum absolute atomic E-state index is 0.0443. The lowest BCUT2D eigenvalue weighted by Gasteiger charge is -2.33. The second-order valence-electron chi connectivity index (χ2n) is 5.93. The Labute approximate surface area is 91.6 Å². The van der Waals surface area contributed by atoms with Crippen molar-refractivity contribution in [1.29, 1.82) is 0 Å². The highest BCUT2D eigenvalue weighted by Gasteiger charge is 2.49. The van der Waals surface area contributed by atoms with E-state index >= 15 is 0 Å². The Hall–Kier alpha value is -0.570.